The van der Waals surface area contributed by atoms with Crippen LogP contribution in [0.25, 0.3) is 0 Å². The van der Waals surface area contributed by atoms with Crippen molar-refractivity contribution < 1.29 is 23.5 Å². The van der Waals surface area contributed by atoms with Crippen LogP contribution in [0.3, 0.4) is 0 Å². The Morgan fingerprint density at radius 3 is 2.32 bits per heavy atom. The van der Waals surface area contributed by atoms with Gasteiger partial charge in [0.1, 0.15) is 17.0 Å². The second-order valence-electron chi connectivity index (χ2n) is 12.2. The van der Waals surface area contributed by atoms with E-state index in [9.17, 15) is 9.59 Å². The summed E-state index contributed by atoms with van der Waals surface area (Å²) in [5, 5.41) is 0.0159. The second-order valence-corrected chi connectivity index (χ2v) is 17.0. The van der Waals surface area contributed by atoms with E-state index in [1.54, 1.807) is 0 Å². The van der Waals surface area contributed by atoms with Gasteiger partial charge in [-0.3, -0.25) is 9.59 Å². The van der Waals surface area contributed by atoms with E-state index < -0.39 is 19.5 Å². The van der Waals surface area contributed by atoms with Crippen LogP contribution >= 0.6 is 0 Å². The molecule has 1 aliphatic heterocycles. The van der Waals surface area contributed by atoms with Crippen LogP contribution in [0.5, 0.6) is 0 Å². The van der Waals surface area contributed by atoms with Gasteiger partial charge in [-0.25, -0.2) is 0 Å². The van der Waals surface area contributed by atoms with Crippen LogP contribution in [0.15, 0.2) is 12.2 Å². The van der Waals surface area contributed by atoms with Gasteiger partial charge in [-0.05, 0) is 55.1 Å². The Kier molecular flexibility index (Phi) is 4.86. The molecule has 3 spiro atoms. The van der Waals surface area contributed by atoms with Crippen LogP contribution in [0.4, 0.5) is 0 Å². The number of allylic oxidation sites excluding steroid dienone is 1. The maximum atomic E-state index is 13.5. The SMILES string of the molecule is CC(C)(C)[Si](C)(C)O[C@@H]1[C@H]2CC3C=C[C@]2(CCC12C(=O)CCCC2=O)CC31OCCO1. The molecule has 4 atom stereocenters. The Balaban J connectivity index is 1.58. The topological polar surface area (TPSA) is 61.8 Å². The molecule has 0 radical (unpaired) electrons. The molecule has 31 heavy (non-hydrogen) atoms. The predicted molar refractivity (Wildman–Crippen MR) is 120 cm³/mol. The number of ketones is 2. The van der Waals surface area contributed by atoms with E-state index in [1.807, 2.05) is 0 Å². The Hall–Kier alpha value is -0.823. The van der Waals surface area contributed by atoms with Gasteiger partial charge >= 0.3 is 0 Å². The monoisotopic (exact) mass is 446 g/mol. The van der Waals surface area contributed by atoms with Gasteiger partial charge in [-0.2, -0.15) is 0 Å². The summed E-state index contributed by atoms with van der Waals surface area (Å²) in [4.78, 5) is 27.0. The Morgan fingerprint density at radius 2 is 1.71 bits per heavy atom. The number of ether oxygens (including phenoxy) is 2. The molecule has 2 bridgehead atoms. The van der Waals surface area contributed by atoms with Crippen LogP contribution in [0.2, 0.25) is 18.1 Å². The van der Waals surface area contributed by atoms with Gasteiger partial charge in [0, 0.05) is 25.2 Å². The molecule has 5 aliphatic carbocycles. The molecule has 6 heteroatoms. The third kappa shape index (κ3) is 2.97. The number of Topliss-reactive ketones (excluding diaryl/α,β-unsaturated/α-hetero) is 2. The maximum absolute atomic E-state index is 13.5. The Labute approximate surface area is 187 Å². The summed E-state index contributed by atoms with van der Waals surface area (Å²) in [5.41, 5.74) is -1.06. The van der Waals surface area contributed by atoms with Crippen molar-refractivity contribution in [2.24, 2.45) is 22.7 Å². The lowest BCUT2D eigenvalue weighted by molar-refractivity contribution is -0.256. The highest BCUT2D eigenvalue weighted by Gasteiger charge is 2.69. The maximum Gasteiger partial charge on any atom is 0.192 e. The number of hydrogen-bond donors (Lipinski definition) is 0. The highest BCUT2D eigenvalue weighted by Crippen LogP contribution is 2.66. The van der Waals surface area contributed by atoms with Gasteiger partial charge in [0.05, 0.1) is 19.3 Å². The lowest BCUT2D eigenvalue weighted by Crippen LogP contribution is -2.68. The third-order valence-electron chi connectivity index (χ3n) is 9.69. The highest BCUT2D eigenvalue weighted by molar-refractivity contribution is 6.74. The number of rotatable bonds is 2. The van der Waals surface area contributed by atoms with E-state index in [-0.39, 0.29) is 40.0 Å². The van der Waals surface area contributed by atoms with E-state index in [2.05, 4.69) is 46.0 Å². The predicted octanol–water partition coefficient (Wildman–Crippen LogP) is 4.80. The van der Waals surface area contributed by atoms with Crippen molar-refractivity contribution in [1.29, 1.82) is 0 Å². The van der Waals surface area contributed by atoms with Crippen LogP contribution in [-0.2, 0) is 23.5 Å². The first kappa shape index (κ1) is 22.0. The summed E-state index contributed by atoms with van der Waals surface area (Å²) in [6.07, 6.45) is 9.18. The summed E-state index contributed by atoms with van der Waals surface area (Å²) in [6, 6.07) is 0. The zero-order chi connectivity index (χ0) is 22.3. The van der Waals surface area contributed by atoms with Crippen molar-refractivity contribution in [2.75, 3.05) is 13.2 Å². The molecule has 5 nitrogen and oxygen atoms in total. The first-order valence-corrected chi connectivity index (χ1v) is 15.1. The molecule has 3 saturated carbocycles. The number of carbonyl (C=O) groups excluding carboxylic acids is 2. The molecule has 1 unspecified atom stereocenters. The minimum atomic E-state index is -2.20. The van der Waals surface area contributed by atoms with Gasteiger partial charge < -0.3 is 13.9 Å². The van der Waals surface area contributed by atoms with Gasteiger partial charge in [-0.1, -0.05) is 32.9 Å². The lowest BCUT2D eigenvalue weighted by Gasteiger charge is -2.64. The van der Waals surface area contributed by atoms with Crippen molar-refractivity contribution in [3.05, 3.63) is 12.2 Å². The van der Waals surface area contributed by atoms with E-state index in [0.29, 0.717) is 38.9 Å². The molecule has 172 valence electrons. The van der Waals surface area contributed by atoms with Gasteiger partial charge in [0.25, 0.3) is 0 Å². The number of carbonyl (C=O) groups is 2. The molecule has 1 saturated heterocycles. The molecule has 6 aliphatic rings. The van der Waals surface area contributed by atoms with Gasteiger partial charge in [-0.15, -0.1) is 0 Å². The molecule has 0 aromatic heterocycles. The van der Waals surface area contributed by atoms with Crippen molar-refractivity contribution in [3.8, 4) is 0 Å². The summed E-state index contributed by atoms with van der Waals surface area (Å²) in [7, 11) is -2.20. The minimum absolute atomic E-state index is 0.0159. The molecular weight excluding hydrogens is 408 g/mol. The minimum Gasteiger partial charge on any atom is -0.412 e. The summed E-state index contributed by atoms with van der Waals surface area (Å²) in [6.45, 7) is 12.5. The average molecular weight is 447 g/mol. The van der Waals surface area contributed by atoms with Crippen molar-refractivity contribution >= 4 is 19.9 Å². The summed E-state index contributed by atoms with van der Waals surface area (Å²) >= 11 is 0. The third-order valence-corrected chi connectivity index (χ3v) is 14.1. The van der Waals surface area contributed by atoms with Gasteiger partial charge in [0.15, 0.2) is 14.1 Å². The quantitative estimate of drug-likeness (QED) is 0.346. The Bertz CT molecular complexity index is 802. The summed E-state index contributed by atoms with van der Waals surface area (Å²) in [5.74, 6) is 0.0791. The normalized spacial score (nSPS) is 38.8. The van der Waals surface area contributed by atoms with Crippen molar-refractivity contribution in [2.45, 2.75) is 95.7 Å². The van der Waals surface area contributed by atoms with E-state index in [0.717, 1.165) is 19.3 Å². The molecular formula is C25H38O5Si. The average Bonchev–Trinajstić information content (AvgIpc) is 3.14. The second kappa shape index (κ2) is 6.84. The van der Waals surface area contributed by atoms with Crippen LogP contribution in [0, 0.1) is 22.7 Å². The number of hydrogen-bond acceptors (Lipinski definition) is 5. The smallest absolute Gasteiger partial charge is 0.192 e. The highest BCUT2D eigenvalue weighted by atomic mass is 28.4. The zero-order valence-electron chi connectivity index (χ0n) is 19.8. The zero-order valence-corrected chi connectivity index (χ0v) is 20.8. The van der Waals surface area contributed by atoms with Crippen molar-refractivity contribution in [1.82, 2.24) is 0 Å². The largest absolute Gasteiger partial charge is 0.412 e. The first-order chi connectivity index (χ1) is 14.5. The molecule has 0 aromatic carbocycles. The summed E-state index contributed by atoms with van der Waals surface area (Å²) < 4.78 is 19.5. The van der Waals surface area contributed by atoms with Crippen LogP contribution in [0.1, 0.15) is 65.7 Å². The fourth-order valence-electron chi connectivity index (χ4n) is 6.89. The molecule has 6 rings (SSSR count). The molecule has 1 heterocycles. The van der Waals surface area contributed by atoms with Crippen molar-refractivity contribution in [3.63, 3.8) is 0 Å². The van der Waals surface area contributed by atoms with E-state index >= 15 is 0 Å². The van der Waals surface area contributed by atoms with Gasteiger partial charge in [0.2, 0.25) is 0 Å². The first-order valence-electron chi connectivity index (χ1n) is 12.2. The Morgan fingerprint density at radius 1 is 1.06 bits per heavy atom. The molecule has 0 N–H and O–H groups in total. The van der Waals surface area contributed by atoms with Crippen LogP contribution in [-0.4, -0.2) is 45.0 Å². The molecule has 4 fully saturated rings. The fraction of sp³-hybridized carbons (Fsp3) is 0.840. The standard InChI is InChI=1S/C25H38O5Si/c1-22(2,3)31(4,5)30-21-18-15-17-9-10-23(18,16-25(17)28-13-14-29-25)11-12-24(21)19(26)7-6-8-20(24)27/h9-10,17-18,21H,6-8,11-16H2,1-5H3/t17?,18-,21-,23+/m1/s1. The molecule has 0 amide bonds. The fourth-order valence-corrected chi connectivity index (χ4v) is 8.25. The van der Waals surface area contributed by atoms with E-state index in [4.69, 9.17) is 13.9 Å². The molecule has 0 aromatic rings. The van der Waals surface area contributed by atoms with E-state index in [1.165, 1.54) is 0 Å². The lowest BCUT2D eigenvalue weighted by atomic mass is 9.45. The van der Waals surface area contributed by atoms with Crippen LogP contribution < -0.4 is 0 Å².